The Morgan fingerprint density at radius 3 is 2.70 bits per heavy atom. The van der Waals surface area contributed by atoms with Crippen molar-refractivity contribution < 1.29 is 51.6 Å². The molecule has 2 atom stereocenters. The van der Waals surface area contributed by atoms with E-state index < -0.39 is 22.5 Å². The monoisotopic (exact) mass is 408 g/mol. The van der Waals surface area contributed by atoms with Gasteiger partial charge in [0.25, 0.3) is 0 Å². The van der Waals surface area contributed by atoms with Crippen molar-refractivity contribution in [3.63, 3.8) is 0 Å². The van der Waals surface area contributed by atoms with Crippen molar-refractivity contribution in [2.45, 2.75) is 50.2 Å². The van der Waals surface area contributed by atoms with Crippen molar-refractivity contribution in [2.75, 3.05) is 19.6 Å². The minimum absolute atomic E-state index is 0. The van der Waals surface area contributed by atoms with Crippen LogP contribution in [0.15, 0.2) is 6.20 Å². The fourth-order valence-electron chi connectivity index (χ4n) is 4.02. The van der Waals surface area contributed by atoms with Crippen LogP contribution in [0.1, 0.15) is 37.3 Å². The molecule has 11 nitrogen and oxygen atoms in total. The molecule has 1 N–H and O–H groups in total. The molecular weight excluding hydrogens is 387 g/mol. The predicted molar refractivity (Wildman–Crippen MR) is 86.4 cm³/mol. The van der Waals surface area contributed by atoms with Gasteiger partial charge in [-0.2, -0.15) is 9.35 Å². The molecular formula is C14H21N6NaO5S. The molecule has 0 aromatic carbocycles. The van der Waals surface area contributed by atoms with Crippen molar-refractivity contribution >= 4 is 16.4 Å². The van der Waals surface area contributed by atoms with Crippen LogP contribution in [0, 0.1) is 0 Å². The van der Waals surface area contributed by atoms with Crippen LogP contribution in [0.5, 0.6) is 0 Å². The summed E-state index contributed by atoms with van der Waals surface area (Å²) in [4.78, 5) is 13.9. The van der Waals surface area contributed by atoms with E-state index in [1.165, 1.54) is 0 Å². The Bertz CT molecular complexity index is 783. The number of carbonyl (C=O) groups excluding carboxylic acids is 1. The van der Waals surface area contributed by atoms with E-state index in [1.807, 2.05) is 6.20 Å². The normalized spacial score (nSPS) is 26.3. The molecule has 3 aliphatic rings. The number of nitrogens with zero attached hydrogens (tertiary/aromatic N) is 5. The predicted octanol–water partition coefficient (Wildman–Crippen LogP) is -3.59. The zero-order valence-corrected chi connectivity index (χ0v) is 18.0. The minimum atomic E-state index is -4.97. The van der Waals surface area contributed by atoms with E-state index in [4.69, 9.17) is 0 Å². The van der Waals surface area contributed by atoms with Gasteiger partial charge in [-0.25, -0.2) is 13.2 Å². The summed E-state index contributed by atoms with van der Waals surface area (Å²) < 4.78 is 38.6. The molecule has 0 spiro atoms. The Morgan fingerprint density at radius 2 is 2.00 bits per heavy atom. The van der Waals surface area contributed by atoms with Gasteiger partial charge in [0.2, 0.25) is 10.4 Å². The Kier molecular flexibility index (Phi) is 6.45. The molecule has 3 saturated heterocycles. The zero-order valence-electron chi connectivity index (χ0n) is 15.2. The van der Waals surface area contributed by atoms with Crippen LogP contribution in [0.3, 0.4) is 0 Å². The summed E-state index contributed by atoms with van der Waals surface area (Å²) in [5.74, 6) is 0.403. The molecule has 0 unspecified atom stereocenters. The van der Waals surface area contributed by atoms with Gasteiger partial charge in [-0.3, -0.25) is 4.68 Å². The van der Waals surface area contributed by atoms with E-state index in [9.17, 15) is 17.8 Å². The molecule has 2 bridgehead atoms. The molecule has 3 fully saturated rings. The quantitative estimate of drug-likeness (QED) is 0.300. The van der Waals surface area contributed by atoms with Gasteiger partial charge in [0.05, 0.1) is 24.3 Å². The van der Waals surface area contributed by atoms with Crippen molar-refractivity contribution in [2.24, 2.45) is 0 Å². The number of hydrogen-bond donors (Lipinski definition) is 1. The molecule has 0 aliphatic carbocycles. The van der Waals surface area contributed by atoms with E-state index in [1.54, 1.807) is 9.58 Å². The number of amides is 2. The van der Waals surface area contributed by atoms with Crippen molar-refractivity contribution in [1.82, 2.24) is 30.3 Å². The molecule has 144 valence electrons. The van der Waals surface area contributed by atoms with Gasteiger partial charge < -0.3 is 14.8 Å². The van der Waals surface area contributed by atoms with Crippen LogP contribution in [0.25, 0.3) is 0 Å². The van der Waals surface area contributed by atoms with Crippen LogP contribution >= 0.6 is 0 Å². The van der Waals surface area contributed by atoms with Gasteiger partial charge in [0.15, 0.2) is 0 Å². The summed E-state index contributed by atoms with van der Waals surface area (Å²) >= 11 is 0. The minimum Gasteiger partial charge on any atom is -0.724 e. The third-order valence-electron chi connectivity index (χ3n) is 5.33. The van der Waals surface area contributed by atoms with Gasteiger partial charge in [0.1, 0.15) is 0 Å². The number of piperidine rings is 2. The second-order valence-electron chi connectivity index (χ2n) is 7.02. The van der Waals surface area contributed by atoms with Gasteiger partial charge in [-0.1, -0.05) is 5.21 Å². The van der Waals surface area contributed by atoms with Gasteiger partial charge in [-0.05, 0) is 38.8 Å². The summed E-state index contributed by atoms with van der Waals surface area (Å²) in [7, 11) is -4.97. The average molecular weight is 408 g/mol. The van der Waals surface area contributed by atoms with Crippen molar-refractivity contribution in [1.29, 1.82) is 0 Å². The van der Waals surface area contributed by atoms with Crippen LogP contribution in [0.2, 0.25) is 0 Å². The largest absolute Gasteiger partial charge is 1.00 e. The third-order valence-corrected chi connectivity index (χ3v) is 5.67. The standard InChI is InChI=1S/C14H22N6O5S.Na/c21-14-19-8-12(20(14)25-26(22,23)24)2-1-11(19)7-18-9-13(16-17-18)10-3-5-15-6-4-10;/h9-12,15H,1-8H2,(H,22,23,24);/q;+1/p-1/t11-,12+;/m0./s1. The molecule has 1 aromatic heterocycles. The maximum Gasteiger partial charge on any atom is 1.00 e. The molecule has 0 saturated carbocycles. The summed E-state index contributed by atoms with van der Waals surface area (Å²) in [6.07, 6.45) is 5.24. The first-order chi connectivity index (χ1) is 12.4. The Morgan fingerprint density at radius 1 is 1.26 bits per heavy atom. The summed E-state index contributed by atoms with van der Waals surface area (Å²) in [5, 5.41) is 12.5. The second kappa shape index (κ2) is 8.31. The first kappa shape index (κ1) is 21.0. The number of carbonyl (C=O) groups is 1. The van der Waals surface area contributed by atoms with E-state index >= 15 is 0 Å². The van der Waals surface area contributed by atoms with Crippen LogP contribution in [0.4, 0.5) is 4.79 Å². The van der Waals surface area contributed by atoms with Crippen molar-refractivity contribution in [3.05, 3.63) is 11.9 Å². The molecule has 0 radical (unpaired) electrons. The van der Waals surface area contributed by atoms with E-state index in [0.717, 1.165) is 31.6 Å². The Balaban J connectivity index is 0.00000210. The van der Waals surface area contributed by atoms with E-state index in [-0.39, 0.29) is 35.6 Å². The number of hydrogen-bond acceptors (Lipinski definition) is 8. The Hall–Kier alpha value is -0.760. The van der Waals surface area contributed by atoms with E-state index in [2.05, 4.69) is 19.9 Å². The third kappa shape index (κ3) is 4.63. The second-order valence-corrected chi connectivity index (χ2v) is 7.98. The number of nitrogens with one attached hydrogen (secondary N) is 1. The smallest absolute Gasteiger partial charge is 0.724 e. The number of aromatic nitrogens is 3. The molecule has 3 aliphatic heterocycles. The molecule has 13 heteroatoms. The van der Waals surface area contributed by atoms with Crippen LogP contribution in [-0.2, 0) is 21.2 Å². The fraction of sp³-hybridized carbons (Fsp3) is 0.786. The number of fused-ring (bicyclic) bond motifs is 2. The number of urea groups is 1. The molecule has 27 heavy (non-hydrogen) atoms. The van der Waals surface area contributed by atoms with Crippen molar-refractivity contribution in [3.8, 4) is 0 Å². The van der Waals surface area contributed by atoms with Gasteiger partial charge in [-0.15, -0.1) is 5.10 Å². The zero-order chi connectivity index (χ0) is 18.3. The number of hydroxylamine groups is 2. The maximum atomic E-state index is 12.4. The van der Waals surface area contributed by atoms with Crippen LogP contribution in [-0.4, -0.2) is 75.7 Å². The molecule has 2 amide bonds. The maximum absolute atomic E-state index is 12.4. The van der Waals surface area contributed by atoms with Gasteiger partial charge >= 0.3 is 35.6 Å². The average Bonchev–Trinajstić information content (AvgIpc) is 3.16. The molecule has 4 rings (SSSR count). The van der Waals surface area contributed by atoms with Gasteiger partial charge in [0, 0.05) is 18.7 Å². The first-order valence-corrected chi connectivity index (χ1v) is 10.1. The summed E-state index contributed by atoms with van der Waals surface area (Å²) in [6, 6.07) is -1.14. The summed E-state index contributed by atoms with van der Waals surface area (Å²) in [5.41, 5.74) is 0.968. The van der Waals surface area contributed by atoms with E-state index in [0.29, 0.717) is 36.9 Å². The summed E-state index contributed by atoms with van der Waals surface area (Å²) in [6.45, 7) is 2.77. The Labute approximate surface area is 179 Å². The first-order valence-electron chi connectivity index (χ1n) is 8.77. The fourth-order valence-corrected chi connectivity index (χ4v) is 4.40. The molecule has 4 heterocycles. The SMILES string of the molecule is O=C1N2C[C@@H](CC[C@H]2Cn2cc(C3CCNCC3)nn2)N1OS(=O)(=O)[O-].[Na+]. The number of rotatable bonds is 5. The topological polar surface area (TPSA) is 133 Å². The molecule has 1 aromatic rings. The van der Waals surface area contributed by atoms with Crippen LogP contribution < -0.4 is 34.9 Å².